The van der Waals surface area contributed by atoms with E-state index in [1.807, 2.05) is 11.3 Å². The Morgan fingerprint density at radius 1 is 0.826 bits per heavy atom. The summed E-state index contributed by atoms with van der Waals surface area (Å²) in [5.74, 6) is 0. The van der Waals surface area contributed by atoms with E-state index in [0.29, 0.717) is 0 Å². The standard InChI is InChI=1S/C22H16S/c1-14-6-8-15(9-7-14)16-10-11-19-20-12-17-4-2-3-5-18(17)22(20)23-21(19)13-16/h2-11,13H,12H2,1H3. The fourth-order valence-electron chi connectivity index (χ4n) is 3.55. The molecule has 0 spiro atoms. The van der Waals surface area contributed by atoms with Crippen molar-refractivity contribution in [3.8, 4) is 21.6 Å². The van der Waals surface area contributed by atoms with E-state index in [4.69, 9.17) is 0 Å². The van der Waals surface area contributed by atoms with Crippen LogP contribution in [0.3, 0.4) is 0 Å². The van der Waals surface area contributed by atoms with Crippen LogP contribution in [0, 0.1) is 6.92 Å². The minimum atomic E-state index is 1.08. The first-order valence-electron chi connectivity index (χ1n) is 8.00. The quantitative estimate of drug-likeness (QED) is 0.334. The van der Waals surface area contributed by atoms with Gasteiger partial charge in [-0.15, -0.1) is 11.3 Å². The normalized spacial score (nSPS) is 12.4. The highest BCUT2D eigenvalue weighted by molar-refractivity contribution is 7.22. The molecule has 0 unspecified atom stereocenters. The zero-order chi connectivity index (χ0) is 15.4. The van der Waals surface area contributed by atoms with Gasteiger partial charge >= 0.3 is 0 Å². The lowest BCUT2D eigenvalue weighted by Crippen LogP contribution is -1.81. The van der Waals surface area contributed by atoms with Crippen LogP contribution in [0.25, 0.3) is 31.7 Å². The SMILES string of the molecule is Cc1ccc(-c2ccc3c4c(sc3c2)-c2ccccc2C4)cc1. The van der Waals surface area contributed by atoms with Gasteiger partial charge in [0.25, 0.3) is 0 Å². The molecule has 0 amide bonds. The summed E-state index contributed by atoms with van der Waals surface area (Å²) in [5.41, 5.74) is 8.33. The average molecular weight is 312 g/mol. The molecular weight excluding hydrogens is 296 g/mol. The Morgan fingerprint density at radius 3 is 2.48 bits per heavy atom. The van der Waals surface area contributed by atoms with E-state index in [1.165, 1.54) is 48.3 Å². The highest BCUT2D eigenvalue weighted by Crippen LogP contribution is 2.46. The van der Waals surface area contributed by atoms with E-state index in [1.54, 1.807) is 0 Å². The fraction of sp³-hybridized carbons (Fsp3) is 0.0909. The first kappa shape index (κ1) is 13.1. The van der Waals surface area contributed by atoms with Gasteiger partial charge in [0.15, 0.2) is 0 Å². The molecule has 0 bridgehead atoms. The molecule has 1 aliphatic rings. The summed E-state index contributed by atoms with van der Waals surface area (Å²) in [6.07, 6.45) is 1.08. The fourth-order valence-corrected chi connectivity index (χ4v) is 4.88. The molecule has 0 atom stereocenters. The van der Waals surface area contributed by atoms with Gasteiger partial charge in [0.1, 0.15) is 0 Å². The first-order valence-corrected chi connectivity index (χ1v) is 8.82. The molecule has 1 heterocycles. The summed E-state index contributed by atoms with van der Waals surface area (Å²) >= 11 is 1.94. The highest BCUT2D eigenvalue weighted by atomic mass is 32.1. The minimum absolute atomic E-state index is 1.08. The first-order chi connectivity index (χ1) is 11.3. The van der Waals surface area contributed by atoms with Crippen LogP contribution in [0.1, 0.15) is 16.7 Å². The summed E-state index contributed by atoms with van der Waals surface area (Å²) in [4.78, 5) is 1.47. The van der Waals surface area contributed by atoms with Crippen LogP contribution in [0.2, 0.25) is 0 Å². The third kappa shape index (κ3) is 1.97. The van der Waals surface area contributed by atoms with Crippen LogP contribution >= 0.6 is 11.3 Å². The summed E-state index contributed by atoms with van der Waals surface area (Å²) in [6.45, 7) is 2.13. The van der Waals surface area contributed by atoms with Gasteiger partial charge in [-0.25, -0.2) is 0 Å². The van der Waals surface area contributed by atoms with Gasteiger partial charge in [-0.1, -0.05) is 66.2 Å². The molecule has 23 heavy (non-hydrogen) atoms. The largest absolute Gasteiger partial charge is 0.135 e. The Morgan fingerprint density at radius 2 is 1.61 bits per heavy atom. The Hall–Kier alpha value is -2.38. The van der Waals surface area contributed by atoms with Crippen molar-refractivity contribution in [3.63, 3.8) is 0 Å². The van der Waals surface area contributed by atoms with Gasteiger partial charge in [0.05, 0.1) is 0 Å². The molecule has 110 valence electrons. The van der Waals surface area contributed by atoms with Gasteiger partial charge < -0.3 is 0 Å². The molecule has 1 aromatic heterocycles. The van der Waals surface area contributed by atoms with Crippen LogP contribution in [-0.4, -0.2) is 0 Å². The zero-order valence-corrected chi connectivity index (χ0v) is 13.8. The van der Waals surface area contributed by atoms with E-state index in [2.05, 4.69) is 73.7 Å². The third-order valence-electron chi connectivity index (χ3n) is 4.81. The topological polar surface area (TPSA) is 0 Å². The lowest BCUT2D eigenvalue weighted by molar-refractivity contribution is 1.29. The lowest BCUT2D eigenvalue weighted by Gasteiger charge is -2.03. The highest BCUT2D eigenvalue weighted by Gasteiger charge is 2.22. The van der Waals surface area contributed by atoms with Crippen molar-refractivity contribution in [1.82, 2.24) is 0 Å². The molecule has 0 saturated carbocycles. The predicted octanol–water partition coefficient (Wildman–Crippen LogP) is 6.45. The second-order valence-electron chi connectivity index (χ2n) is 6.32. The molecule has 1 heteroatoms. The molecule has 4 aromatic rings. The Balaban J connectivity index is 1.68. The molecule has 3 aromatic carbocycles. The molecule has 0 N–H and O–H groups in total. The Kier molecular flexibility index (Phi) is 2.74. The predicted molar refractivity (Wildman–Crippen MR) is 100 cm³/mol. The average Bonchev–Trinajstić information content (AvgIpc) is 3.11. The number of fused-ring (bicyclic) bond motifs is 5. The van der Waals surface area contributed by atoms with E-state index in [0.717, 1.165) is 6.42 Å². The number of benzene rings is 3. The summed E-state index contributed by atoms with van der Waals surface area (Å²) < 4.78 is 1.41. The number of hydrogen-bond donors (Lipinski definition) is 0. The molecule has 0 saturated heterocycles. The number of thiophene rings is 1. The maximum atomic E-state index is 2.35. The summed E-state index contributed by atoms with van der Waals surface area (Å²) in [7, 11) is 0. The van der Waals surface area contributed by atoms with Crippen molar-refractivity contribution >= 4 is 21.4 Å². The van der Waals surface area contributed by atoms with E-state index in [-0.39, 0.29) is 0 Å². The Bertz CT molecular complexity index is 1040. The number of aryl methyl sites for hydroxylation is 1. The van der Waals surface area contributed by atoms with Crippen LogP contribution in [0.15, 0.2) is 66.7 Å². The van der Waals surface area contributed by atoms with Crippen LogP contribution in [0.5, 0.6) is 0 Å². The molecule has 0 nitrogen and oxygen atoms in total. The van der Waals surface area contributed by atoms with Crippen molar-refractivity contribution < 1.29 is 0 Å². The monoisotopic (exact) mass is 312 g/mol. The van der Waals surface area contributed by atoms with E-state index in [9.17, 15) is 0 Å². The van der Waals surface area contributed by atoms with Crippen LogP contribution in [-0.2, 0) is 6.42 Å². The Labute approximate surface area is 140 Å². The summed E-state index contributed by atoms with van der Waals surface area (Å²) in [6, 6.07) is 24.5. The second kappa shape index (κ2) is 4.81. The molecule has 5 rings (SSSR count). The van der Waals surface area contributed by atoms with Crippen molar-refractivity contribution in [2.75, 3.05) is 0 Å². The maximum absolute atomic E-state index is 2.35. The van der Waals surface area contributed by atoms with Gasteiger partial charge in [0, 0.05) is 16.0 Å². The third-order valence-corrected chi connectivity index (χ3v) is 6.04. The molecule has 0 fully saturated rings. The molecule has 1 aliphatic carbocycles. The van der Waals surface area contributed by atoms with Gasteiger partial charge in [0.2, 0.25) is 0 Å². The van der Waals surface area contributed by atoms with Gasteiger partial charge in [-0.3, -0.25) is 0 Å². The van der Waals surface area contributed by atoms with E-state index < -0.39 is 0 Å². The van der Waals surface area contributed by atoms with Crippen LogP contribution in [0.4, 0.5) is 0 Å². The van der Waals surface area contributed by atoms with Crippen molar-refractivity contribution in [2.24, 2.45) is 0 Å². The molecule has 0 aliphatic heterocycles. The van der Waals surface area contributed by atoms with E-state index >= 15 is 0 Å². The molecular formula is C22H16S. The summed E-state index contributed by atoms with van der Waals surface area (Å²) in [5, 5.41) is 1.43. The minimum Gasteiger partial charge on any atom is -0.135 e. The zero-order valence-electron chi connectivity index (χ0n) is 13.0. The van der Waals surface area contributed by atoms with Gasteiger partial charge in [-0.05, 0) is 46.2 Å². The van der Waals surface area contributed by atoms with Gasteiger partial charge in [-0.2, -0.15) is 0 Å². The molecule has 0 radical (unpaired) electrons. The number of rotatable bonds is 1. The van der Waals surface area contributed by atoms with Crippen molar-refractivity contribution in [1.29, 1.82) is 0 Å². The van der Waals surface area contributed by atoms with Crippen molar-refractivity contribution in [3.05, 3.63) is 83.4 Å². The van der Waals surface area contributed by atoms with Crippen LogP contribution < -0.4 is 0 Å². The number of hydrogen-bond acceptors (Lipinski definition) is 1. The maximum Gasteiger partial charge on any atom is 0.0393 e. The smallest absolute Gasteiger partial charge is 0.0393 e. The van der Waals surface area contributed by atoms with Crippen molar-refractivity contribution in [2.45, 2.75) is 13.3 Å². The second-order valence-corrected chi connectivity index (χ2v) is 7.37. The lowest BCUT2D eigenvalue weighted by atomic mass is 10.0.